The van der Waals surface area contributed by atoms with E-state index in [-0.39, 0.29) is 62.9 Å². The molecule has 0 aliphatic rings. The molecule has 0 bridgehead atoms. The quantitative estimate of drug-likeness (QED) is 0.0796. The van der Waals surface area contributed by atoms with Gasteiger partial charge in [0.2, 0.25) is 5.24 Å². The number of aromatic nitrogens is 2. The lowest BCUT2D eigenvalue weighted by atomic mass is 10.2. The van der Waals surface area contributed by atoms with Crippen LogP contribution in [0.5, 0.6) is 0 Å². The first-order chi connectivity index (χ1) is 25.2. The number of aldehydes is 2. The number of aliphatic carboxylic acids is 1. The Morgan fingerprint density at radius 2 is 1.37 bits per heavy atom. The molecular formula is C31H44BrClN4O15S2. The zero-order valence-corrected chi connectivity index (χ0v) is 34.5. The van der Waals surface area contributed by atoms with E-state index in [0.717, 1.165) is 0 Å². The van der Waals surface area contributed by atoms with Crippen molar-refractivity contribution in [2.75, 3.05) is 39.5 Å². The molecule has 2 rings (SSSR count). The van der Waals surface area contributed by atoms with Crippen LogP contribution in [0, 0.1) is 0 Å². The number of nitrogens with zero attached hydrogens (tertiary/aromatic N) is 2. The number of alkyl halides is 1. The molecule has 0 aliphatic heterocycles. The molecule has 0 aromatic carbocycles. The maximum atomic E-state index is 11.5. The molecule has 0 spiro atoms. The van der Waals surface area contributed by atoms with Gasteiger partial charge in [0.1, 0.15) is 18.2 Å². The van der Waals surface area contributed by atoms with Gasteiger partial charge in [-0.2, -0.15) is 0 Å². The number of rotatable bonds is 14. The fraction of sp³-hybridized carbons (Fsp3) is 0.516. The van der Waals surface area contributed by atoms with Gasteiger partial charge in [0, 0.05) is 35.0 Å². The minimum atomic E-state index is -0.858. The van der Waals surface area contributed by atoms with Crippen molar-refractivity contribution in [3.63, 3.8) is 0 Å². The van der Waals surface area contributed by atoms with Gasteiger partial charge in [0.15, 0.2) is 10.3 Å². The predicted molar refractivity (Wildman–Crippen MR) is 200 cm³/mol. The number of halogens is 2. The Labute approximate surface area is 332 Å². The molecular weight excluding hydrogens is 848 g/mol. The van der Waals surface area contributed by atoms with Gasteiger partial charge < -0.3 is 44.1 Å². The third kappa shape index (κ3) is 35.8. The third-order valence-corrected chi connectivity index (χ3v) is 7.26. The number of hydrogen-bond donors (Lipinski definition) is 3. The van der Waals surface area contributed by atoms with Gasteiger partial charge in [-0.15, -0.1) is 22.7 Å². The normalized spacial score (nSPS) is 10.1. The number of carboxylic acid groups (broad SMARTS) is 1. The van der Waals surface area contributed by atoms with Gasteiger partial charge in [-0.3, -0.25) is 34.1 Å². The van der Waals surface area contributed by atoms with E-state index >= 15 is 0 Å². The summed E-state index contributed by atoms with van der Waals surface area (Å²) in [5, 5.41) is 11.1. The van der Waals surface area contributed by atoms with Gasteiger partial charge in [-0.25, -0.2) is 14.8 Å². The van der Waals surface area contributed by atoms with Crippen LogP contribution in [-0.4, -0.2) is 108 Å². The van der Waals surface area contributed by atoms with E-state index in [1.54, 1.807) is 20.8 Å². The number of ether oxygens (including phenoxy) is 5. The van der Waals surface area contributed by atoms with Gasteiger partial charge in [-0.1, -0.05) is 15.9 Å². The van der Waals surface area contributed by atoms with Gasteiger partial charge >= 0.3 is 35.9 Å². The Hall–Kier alpha value is -4.54. The lowest BCUT2D eigenvalue weighted by Gasteiger charge is -2.18. The molecule has 0 fully saturated rings. The molecule has 2 heterocycles. The molecule has 0 radical (unpaired) electrons. The highest BCUT2D eigenvalue weighted by Crippen LogP contribution is 2.20. The second kappa shape index (κ2) is 31.9. The summed E-state index contributed by atoms with van der Waals surface area (Å²) in [6, 6.07) is 0. The van der Waals surface area contributed by atoms with E-state index in [0.29, 0.717) is 32.6 Å². The van der Waals surface area contributed by atoms with Crippen molar-refractivity contribution in [1.82, 2.24) is 9.97 Å². The zero-order valence-electron chi connectivity index (χ0n) is 30.5. The summed E-state index contributed by atoms with van der Waals surface area (Å²) in [4.78, 5) is 102. The highest BCUT2D eigenvalue weighted by molar-refractivity contribution is 9.10. The molecule has 2 aromatic heterocycles. The minimum Gasteiger partial charge on any atom is -0.481 e. The number of methoxy groups -OCH3 is 4. The Morgan fingerprint density at radius 1 is 0.852 bits per heavy atom. The highest BCUT2D eigenvalue weighted by atomic mass is 79.9. The highest BCUT2D eigenvalue weighted by Gasteiger charge is 2.17. The summed E-state index contributed by atoms with van der Waals surface area (Å²) < 4.78 is 22.4. The van der Waals surface area contributed by atoms with Crippen LogP contribution in [0.4, 0.5) is 15.1 Å². The topological polar surface area (TPSA) is 284 Å². The van der Waals surface area contributed by atoms with E-state index in [2.05, 4.69) is 50.2 Å². The molecule has 0 saturated carbocycles. The Bertz CT molecular complexity index is 1480. The predicted octanol–water partition coefficient (Wildman–Crippen LogP) is 3.91. The van der Waals surface area contributed by atoms with Crippen molar-refractivity contribution in [2.45, 2.75) is 76.1 Å². The summed E-state index contributed by atoms with van der Waals surface area (Å²) >= 11 is 10.3. The molecule has 2 aromatic rings. The average molecular weight is 892 g/mol. The number of thiazole rings is 2. The molecule has 1 unspecified atom stereocenters. The number of carbonyl (C=O) groups is 9. The zero-order chi connectivity index (χ0) is 42.3. The lowest BCUT2D eigenvalue weighted by Crippen LogP contribution is -2.27. The number of hydrogen-bond acceptors (Lipinski definition) is 19. The Morgan fingerprint density at radius 3 is 1.80 bits per heavy atom. The number of nitrogen functional groups attached to an aromatic ring is 1. The van der Waals surface area contributed by atoms with Gasteiger partial charge in [0.05, 0.1) is 65.4 Å². The average Bonchev–Trinajstić information content (AvgIpc) is 3.72. The van der Waals surface area contributed by atoms with E-state index in [4.69, 9.17) is 27.2 Å². The van der Waals surface area contributed by atoms with Crippen LogP contribution in [0.3, 0.4) is 0 Å². The standard InChI is InChI=1S/C11H16N2O4S.C5H7BrO3.C5H7ClO3.C5H6N2O2S.C5H8O3/c1-11(2,3)17-10(15)13-9-12-6-7(18-9)5-8(14)16-4;1-9-5(8)2-4(6)3-7;1-9-5(8)3-2-4(6)7;6-5-7-2-3(10-5)1-4(8)9;1-8-5(7)3-2-4-6/h6H,5H2,1-4H3,(H,12,13,15);3-4H,2H2,1H3;2-3H2,1H3;2H,1H2,(H2,6,7)(H,8,9);4H,2-3H2,1H3. The number of nitrogens with two attached hydrogens (primary N) is 1. The number of esters is 4. The van der Waals surface area contributed by atoms with E-state index < -0.39 is 33.7 Å². The first kappa shape index (κ1) is 53.8. The number of carbonyl (C=O) groups excluding carboxylic acids is 8. The fourth-order valence-corrected chi connectivity index (χ4v) is 4.30. The maximum Gasteiger partial charge on any atom is 0.413 e. The maximum absolute atomic E-state index is 11.5. The van der Waals surface area contributed by atoms with Crippen LogP contribution in [0.15, 0.2) is 12.4 Å². The lowest BCUT2D eigenvalue weighted by molar-refractivity contribution is -0.142. The second-order valence-corrected chi connectivity index (χ2v) is 14.3. The molecule has 23 heteroatoms. The molecule has 0 aliphatic carbocycles. The number of nitrogens with one attached hydrogen (secondary N) is 1. The van der Waals surface area contributed by atoms with Crippen molar-refractivity contribution in [1.29, 1.82) is 0 Å². The van der Waals surface area contributed by atoms with Gasteiger partial charge in [-0.05, 0) is 32.4 Å². The van der Waals surface area contributed by atoms with Crippen LogP contribution in [0.1, 0.15) is 62.6 Å². The Kier molecular flexibility index (Phi) is 31.8. The van der Waals surface area contributed by atoms with Crippen molar-refractivity contribution in [3.8, 4) is 0 Å². The van der Waals surface area contributed by atoms with Gasteiger partial charge in [0.25, 0.3) is 0 Å². The molecule has 1 amide bonds. The fourth-order valence-electron chi connectivity index (χ4n) is 2.48. The third-order valence-electron chi connectivity index (χ3n) is 4.79. The van der Waals surface area contributed by atoms with Crippen LogP contribution < -0.4 is 11.1 Å². The molecule has 19 nitrogen and oxygen atoms in total. The molecule has 54 heavy (non-hydrogen) atoms. The van der Waals surface area contributed by atoms with Crippen molar-refractivity contribution in [3.05, 3.63) is 22.1 Å². The van der Waals surface area contributed by atoms with E-state index in [1.807, 2.05) is 0 Å². The number of anilines is 2. The summed E-state index contributed by atoms with van der Waals surface area (Å²) in [5.41, 5.74) is 4.71. The number of amides is 1. The first-order valence-corrected chi connectivity index (χ1v) is 17.9. The smallest absolute Gasteiger partial charge is 0.413 e. The SMILES string of the molecule is COC(=O)CC(Br)C=O.COC(=O)CCC(=O)Cl.COC(=O)CCC=O.COC(=O)Cc1cnc(NC(=O)OC(C)(C)C)s1.Nc1ncc(CC(=O)O)s1. The summed E-state index contributed by atoms with van der Waals surface area (Å²) in [6.07, 6.45) is 4.59. The van der Waals surface area contributed by atoms with E-state index in [1.165, 1.54) is 63.5 Å². The Balaban J connectivity index is -0.000000630. The first-order valence-electron chi connectivity index (χ1n) is 15.0. The summed E-state index contributed by atoms with van der Waals surface area (Å²) in [5.74, 6) is -2.34. The summed E-state index contributed by atoms with van der Waals surface area (Å²) in [7, 11) is 5.17. The van der Waals surface area contributed by atoms with Crippen molar-refractivity contribution >= 4 is 114 Å². The monoisotopic (exact) mass is 890 g/mol. The van der Waals surface area contributed by atoms with Crippen LogP contribution in [-0.2, 0) is 74.9 Å². The van der Waals surface area contributed by atoms with Crippen LogP contribution in [0.2, 0.25) is 0 Å². The van der Waals surface area contributed by atoms with E-state index in [9.17, 15) is 43.2 Å². The van der Waals surface area contributed by atoms with Crippen molar-refractivity contribution < 1.29 is 71.9 Å². The largest absolute Gasteiger partial charge is 0.481 e. The van der Waals surface area contributed by atoms with Crippen LogP contribution in [0.25, 0.3) is 0 Å². The molecule has 0 saturated heterocycles. The van der Waals surface area contributed by atoms with Crippen LogP contribution >= 0.6 is 50.2 Å². The molecule has 1 atom stereocenters. The summed E-state index contributed by atoms with van der Waals surface area (Å²) in [6.45, 7) is 5.32. The molecule has 304 valence electrons. The second-order valence-electron chi connectivity index (χ2n) is 10.4. The number of carboxylic acids is 1. The van der Waals surface area contributed by atoms with Crippen molar-refractivity contribution in [2.24, 2.45) is 0 Å². The minimum absolute atomic E-state index is 0.00880. The molecule has 4 N–H and O–H groups in total.